The number of carbonyl (C=O) groups is 1. The number of hydrogen-bond donors (Lipinski definition) is 1. The van der Waals surface area contributed by atoms with Gasteiger partial charge in [0, 0.05) is 39.4 Å². The number of aromatic nitrogens is 1. The first-order valence-electron chi connectivity index (χ1n) is 8.95. The standard InChI is InChI=1S/C18H24N4O2S/c19-16(13-5-11-24-12-6-13)17(23)21-7-9-22(10-8-21)18-20-14-3-1-2-4-15(14)25-18/h1-4,13,16H,5-12,19H2. The van der Waals surface area contributed by atoms with E-state index in [2.05, 4.69) is 11.0 Å². The van der Waals surface area contributed by atoms with Crippen LogP contribution in [0.2, 0.25) is 0 Å². The van der Waals surface area contributed by atoms with Gasteiger partial charge in [0.1, 0.15) is 0 Å². The fourth-order valence-electron chi connectivity index (χ4n) is 3.60. The van der Waals surface area contributed by atoms with Gasteiger partial charge in [-0.1, -0.05) is 23.5 Å². The minimum absolute atomic E-state index is 0.0934. The molecule has 6 nitrogen and oxygen atoms in total. The van der Waals surface area contributed by atoms with Crippen LogP contribution >= 0.6 is 11.3 Å². The lowest BCUT2D eigenvalue weighted by atomic mass is 9.91. The van der Waals surface area contributed by atoms with Crippen molar-refractivity contribution in [1.29, 1.82) is 0 Å². The van der Waals surface area contributed by atoms with Crippen molar-refractivity contribution in [2.75, 3.05) is 44.3 Å². The molecule has 134 valence electrons. The van der Waals surface area contributed by atoms with Gasteiger partial charge in [0.15, 0.2) is 5.13 Å². The average molecular weight is 360 g/mol. The number of carbonyl (C=O) groups excluding carboxylic acids is 1. The smallest absolute Gasteiger partial charge is 0.239 e. The number of anilines is 1. The number of piperazine rings is 1. The molecule has 0 bridgehead atoms. The lowest BCUT2D eigenvalue weighted by Gasteiger charge is -2.37. The Kier molecular flexibility index (Phi) is 4.87. The number of fused-ring (bicyclic) bond motifs is 1. The van der Waals surface area contributed by atoms with Crippen LogP contribution < -0.4 is 10.6 Å². The molecular formula is C18H24N4O2S. The number of nitrogens with zero attached hydrogens (tertiary/aromatic N) is 3. The number of ether oxygens (including phenoxy) is 1. The van der Waals surface area contributed by atoms with Crippen molar-refractivity contribution >= 4 is 32.6 Å². The number of amides is 1. The van der Waals surface area contributed by atoms with Gasteiger partial charge in [-0.2, -0.15) is 0 Å². The lowest BCUT2D eigenvalue weighted by Crippen LogP contribution is -2.55. The maximum absolute atomic E-state index is 12.7. The highest BCUT2D eigenvalue weighted by Gasteiger charge is 2.31. The number of nitrogens with two attached hydrogens (primary N) is 1. The summed E-state index contributed by atoms with van der Waals surface area (Å²) in [7, 11) is 0. The molecule has 0 spiro atoms. The molecule has 0 aliphatic carbocycles. The van der Waals surface area contributed by atoms with Gasteiger partial charge in [0.25, 0.3) is 0 Å². The monoisotopic (exact) mass is 360 g/mol. The van der Waals surface area contributed by atoms with Crippen molar-refractivity contribution < 1.29 is 9.53 Å². The van der Waals surface area contributed by atoms with Crippen LogP contribution in [0.5, 0.6) is 0 Å². The zero-order valence-corrected chi connectivity index (χ0v) is 15.1. The SMILES string of the molecule is NC(C(=O)N1CCN(c2nc3ccccc3s2)CC1)C1CCOCC1. The first-order valence-corrected chi connectivity index (χ1v) is 9.76. The Morgan fingerprint density at radius 1 is 1.20 bits per heavy atom. The van der Waals surface area contributed by atoms with Crippen LogP contribution in [-0.2, 0) is 9.53 Å². The van der Waals surface area contributed by atoms with Gasteiger partial charge in [0.05, 0.1) is 16.3 Å². The molecule has 7 heteroatoms. The van der Waals surface area contributed by atoms with E-state index in [1.807, 2.05) is 23.1 Å². The van der Waals surface area contributed by atoms with Crippen molar-refractivity contribution in [1.82, 2.24) is 9.88 Å². The second-order valence-corrected chi connectivity index (χ2v) is 7.76. The van der Waals surface area contributed by atoms with Crippen LogP contribution in [0.4, 0.5) is 5.13 Å². The molecule has 0 saturated carbocycles. The van der Waals surface area contributed by atoms with E-state index < -0.39 is 6.04 Å². The topological polar surface area (TPSA) is 71.7 Å². The van der Waals surface area contributed by atoms with Crippen molar-refractivity contribution in [2.45, 2.75) is 18.9 Å². The molecule has 0 radical (unpaired) electrons. The lowest BCUT2D eigenvalue weighted by molar-refractivity contribution is -0.135. The highest BCUT2D eigenvalue weighted by Crippen LogP contribution is 2.29. The highest BCUT2D eigenvalue weighted by atomic mass is 32.1. The summed E-state index contributed by atoms with van der Waals surface area (Å²) in [6.45, 7) is 4.49. The maximum atomic E-state index is 12.7. The van der Waals surface area contributed by atoms with Gasteiger partial charge in [-0.25, -0.2) is 4.98 Å². The Morgan fingerprint density at radius 3 is 2.64 bits per heavy atom. The van der Waals surface area contributed by atoms with Crippen LogP contribution in [0, 0.1) is 5.92 Å². The van der Waals surface area contributed by atoms with E-state index in [1.165, 1.54) is 4.70 Å². The molecule has 2 aliphatic rings. The van der Waals surface area contributed by atoms with Crippen LogP contribution in [-0.4, -0.2) is 61.2 Å². The van der Waals surface area contributed by atoms with Gasteiger partial charge in [-0.05, 0) is 30.9 Å². The van der Waals surface area contributed by atoms with Gasteiger partial charge in [-0.3, -0.25) is 4.79 Å². The third-order valence-corrected chi connectivity index (χ3v) is 6.30. The molecule has 1 atom stereocenters. The van der Waals surface area contributed by atoms with E-state index in [0.717, 1.165) is 49.8 Å². The predicted octanol–water partition coefficient (Wildman–Crippen LogP) is 1.70. The molecule has 1 aromatic heterocycles. The number of hydrogen-bond acceptors (Lipinski definition) is 6. The van der Waals surface area contributed by atoms with Gasteiger partial charge in [-0.15, -0.1) is 0 Å². The minimum Gasteiger partial charge on any atom is -0.381 e. The van der Waals surface area contributed by atoms with Crippen molar-refractivity contribution in [3.63, 3.8) is 0 Å². The number of rotatable bonds is 3. The van der Waals surface area contributed by atoms with Crippen molar-refractivity contribution in [2.24, 2.45) is 11.7 Å². The summed E-state index contributed by atoms with van der Waals surface area (Å²) in [6.07, 6.45) is 1.77. The average Bonchev–Trinajstić information content (AvgIpc) is 3.12. The van der Waals surface area contributed by atoms with E-state index >= 15 is 0 Å². The molecule has 4 rings (SSSR count). The van der Waals surface area contributed by atoms with E-state index in [-0.39, 0.29) is 11.8 Å². The van der Waals surface area contributed by atoms with E-state index in [9.17, 15) is 4.79 Å². The summed E-state index contributed by atoms with van der Waals surface area (Å²) in [6, 6.07) is 7.81. The third kappa shape index (κ3) is 3.49. The Labute approximate surface area is 151 Å². The Morgan fingerprint density at radius 2 is 1.92 bits per heavy atom. The quantitative estimate of drug-likeness (QED) is 0.902. The first kappa shape index (κ1) is 16.8. The second-order valence-electron chi connectivity index (χ2n) is 6.75. The zero-order chi connectivity index (χ0) is 17.2. The van der Waals surface area contributed by atoms with Crippen LogP contribution in [0.3, 0.4) is 0 Å². The maximum Gasteiger partial charge on any atom is 0.239 e. The minimum atomic E-state index is -0.391. The molecule has 1 aromatic carbocycles. The molecule has 2 aliphatic heterocycles. The highest BCUT2D eigenvalue weighted by molar-refractivity contribution is 7.22. The predicted molar refractivity (Wildman–Crippen MR) is 99.9 cm³/mol. The Balaban J connectivity index is 1.36. The molecule has 25 heavy (non-hydrogen) atoms. The number of para-hydroxylation sites is 1. The molecule has 3 heterocycles. The number of benzene rings is 1. The van der Waals surface area contributed by atoms with Gasteiger partial charge >= 0.3 is 0 Å². The number of thiazole rings is 1. The summed E-state index contributed by atoms with van der Waals surface area (Å²) in [4.78, 5) is 21.6. The zero-order valence-electron chi connectivity index (χ0n) is 14.3. The van der Waals surface area contributed by atoms with E-state index in [0.29, 0.717) is 13.1 Å². The van der Waals surface area contributed by atoms with Crippen LogP contribution in [0.25, 0.3) is 10.2 Å². The molecule has 2 N–H and O–H groups in total. The third-order valence-electron chi connectivity index (χ3n) is 5.20. The largest absolute Gasteiger partial charge is 0.381 e. The summed E-state index contributed by atoms with van der Waals surface area (Å²) >= 11 is 1.72. The molecule has 1 amide bonds. The van der Waals surface area contributed by atoms with Gasteiger partial charge < -0.3 is 20.3 Å². The van der Waals surface area contributed by atoms with E-state index in [4.69, 9.17) is 15.5 Å². The summed E-state index contributed by atoms with van der Waals surface area (Å²) in [5.41, 5.74) is 7.29. The fraction of sp³-hybridized carbons (Fsp3) is 0.556. The van der Waals surface area contributed by atoms with Crippen LogP contribution in [0.1, 0.15) is 12.8 Å². The summed E-state index contributed by atoms with van der Waals surface area (Å²) in [5.74, 6) is 0.347. The molecule has 2 aromatic rings. The van der Waals surface area contributed by atoms with Crippen molar-refractivity contribution in [3.8, 4) is 0 Å². The normalized spacial score (nSPS) is 20.8. The summed E-state index contributed by atoms with van der Waals surface area (Å²) < 4.78 is 6.58. The van der Waals surface area contributed by atoms with Crippen molar-refractivity contribution in [3.05, 3.63) is 24.3 Å². The molecule has 2 fully saturated rings. The molecule has 2 saturated heterocycles. The fourth-order valence-corrected chi connectivity index (χ4v) is 4.62. The van der Waals surface area contributed by atoms with Gasteiger partial charge in [0.2, 0.25) is 5.91 Å². The Hall–Kier alpha value is -1.70. The van der Waals surface area contributed by atoms with E-state index in [1.54, 1.807) is 11.3 Å². The Bertz CT molecular complexity index is 703. The summed E-state index contributed by atoms with van der Waals surface area (Å²) in [5, 5.41) is 1.04. The molecular weight excluding hydrogens is 336 g/mol. The molecule has 1 unspecified atom stereocenters. The first-order chi connectivity index (χ1) is 12.2. The second kappa shape index (κ2) is 7.27. The van der Waals surface area contributed by atoms with Crippen LogP contribution in [0.15, 0.2) is 24.3 Å².